The first-order valence-corrected chi connectivity index (χ1v) is 5.51. The summed E-state index contributed by atoms with van der Waals surface area (Å²) in [5.74, 6) is -1.31. The Bertz CT molecular complexity index is 529. The van der Waals surface area contributed by atoms with Gasteiger partial charge in [-0.15, -0.1) is 0 Å². The summed E-state index contributed by atoms with van der Waals surface area (Å²) in [7, 11) is 0. The second kappa shape index (κ2) is 6.48. The average molecular weight is 268 g/mol. The molecule has 0 heterocycles. The van der Waals surface area contributed by atoms with Gasteiger partial charge in [-0.1, -0.05) is 12.2 Å². The van der Waals surface area contributed by atoms with Crippen LogP contribution in [0.1, 0.15) is 18.9 Å². The summed E-state index contributed by atoms with van der Waals surface area (Å²) in [6, 6.07) is 1.89. The number of nitrogens with zero attached hydrogens (tertiary/aromatic N) is 1. The third-order valence-electron chi connectivity index (χ3n) is 2.24. The quantitative estimate of drug-likeness (QED) is 0.382. The Hall–Kier alpha value is -2.44. The van der Waals surface area contributed by atoms with Crippen molar-refractivity contribution in [3.8, 4) is 0 Å². The second-order valence-electron chi connectivity index (χ2n) is 3.60. The summed E-state index contributed by atoms with van der Waals surface area (Å²) in [5, 5.41) is 10.6. The maximum absolute atomic E-state index is 13.4. The van der Waals surface area contributed by atoms with E-state index < -0.39 is 22.4 Å². The third-order valence-corrected chi connectivity index (χ3v) is 2.24. The molecule has 6 nitrogen and oxygen atoms in total. The number of hydrogen-bond acceptors (Lipinski definition) is 5. The lowest BCUT2D eigenvalue weighted by Crippen LogP contribution is -2.01. The zero-order valence-electron chi connectivity index (χ0n) is 10.3. The summed E-state index contributed by atoms with van der Waals surface area (Å²) in [6.07, 6.45) is 2.74. The number of rotatable bonds is 5. The van der Waals surface area contributed by atoms with Crippen molar-refractivity contribution >= 4 is 23.4 Å². The van der Waals surface area contributed by atoms with E-state index in [4.69, 9.17) is 10.5 Å². The van der Waals surface area contributed by atoms with E-state index >= 15 is 0 Å². The van der Waals surface area contributed by atoms with Gasteiger partial charge in [0.2, 0.25) is 0 Å². The van der Waals surface area contributed by atoms with E-state index in [0.717, 1.165) is 12.1 Å². The summed E-state index contributed by atoms with van der Waals surface area (Å²) < 4.78 is 18.0. The monoisotopic (exact) mass is 268 g/mol. The van der Waals surface area contributed by atoms with E-state index in [1.807, 2.05) is 0 Å². The summed E-state index contributed by atoms with van der Waals surface area (Å²) in [6.45, 7) is 1.94. The van der Waals surface area contributed by atoms with Crippen LogP contribution in [-0.4, -0.2) is 17.5 Å². The van der Waals surface area contributed by atoms with Crippen LogP contribution < -0.4 is 5.73 Å². The van der Waals surface area contributed by atoms with Crippen molar-refractivity contribution in [2.75, 3.05) is 12.3 Å². The van der Waals surface area contributed by atoms with Crippen LogP contribution in [0.15, 0.2) is 18.2 Å². The van der Waals surface area contributed by atoms with Crippen LogP contribution in [0.4, 0.5) is 15.8 Å². The molecule has 0 aliphatic carbocycles. The molecule has 7 heteroatoms. The van der Waals surface area contributed by atoms with Crippen LogP contribution in [0.2, 0.25) is 0 Å². The second-order valence-corrected chi connectivity index (χ2v) is 3.60. The van der Waals surface area contributed by atoms with Crippen LogP contribution in [0.3, 0.4) is 0 Å². The van der Waals surface area contributed by atoms with Crippen molar-refractivity contribution in [2.24, 2.45) is 0 Å². The first-order valence-electron chi connectivity index (χ1n) is 5.51. The fourth-order valence-electron chi connectivity index (χ4n) is 1.37. The van der Waals surface area contributed by atoms with Gasteiger partial charge in [-0.3, -0.25) is 14.9 Å². The molecule has 0 aromatic heterocycles. The van der Waals surface area contributed by atoms with Crippen LogP contribution in [0.25, 0.3) is 6.08 Å². The van der Waals surface area contributed by atoms with Gasteiger partial charge in [0, 0.05) is 11.6 Å². The fourth-order valence-corrected chi connectivity index (χ4v) is 1.37. The number of benzene rings is 1. The number of halogens is 1. The van der Waals surface area contributed by atoms with Gasteiger partial charge < -0.3 is 10.5 Å². The Labute approximate surface area is 108 Å². The van der Waals surface area contributed by atoms with E-state index in [2.05, 4.69) is 0 Å². The number of anilines is 1. The molecule has 19 heavy (non-hydrogen) atoms. The molecule has 2 N–H and O–H groups in total. The van der Waals surface area contributed by atoms with Gasteiger partial charge in [0.05, 0.1) is 29.7 Å². The molecular formula is C12H13FN2O4. The smallest absolute Gasteiger partial charge is 0.309 e. The number of nitrogens with two attached hydrogens (primary N) is 1. The van der Waals surface area contributed by atoms with Gasteiger partial charge in [-0.25, -0.2) is 4.39 Å². The Morgan fingerprint density at radius 2 is 2.26 bits per heavy atom. The predicted molar refractivity (Wildman–Crippen MR) is 67.8 cm³/mol. The van der Waals surface area contributed by atoms with E-state index in [1.54, 1.807) is 6.92 Å². The predicted octanol–water partition coefficient (Wildman–Crippen LogP) is 2.28. The minimum Gasteiger partial charge on any atom is -0.466 e. The zero-order chi connectivity index (χ0) is 14.4. The maximum atomic E-state index is 13.4. The molecule has 0 unspecified atom stereocenters. The first-order chi connectivity index (χ1) is 8.95. The molecule has 0 saturated heterocycles. The Morgan fingerprint density at radius 1 is 1.58 bits per heavy atom. The van der Waals surface area contributed by atoms with Crippen molar-refractivity contribution in [1.82, 2.24) is 0 Å². The van der Waals surface area contributed by atoms with Gasteiger partial charge in [0.25, 0.3) is 5.69 Å². The number of carbonyl (C=O) groups excluding carboxylic acids is 1. The van der Waals surface area contributed by atoms with Gasteiger partial charge in [-0.05, 0) is 6.92 Å². The number of esters is 1. The van der Waals surface area contributed by atoms with Gasteiger partial charge in [0.15, 0.2) is 5.82 Å². The molecule has 0 radical (unpaired) electrons. The normalized spacial score (nSPS) is 10.6. The highest BCUT2D eigenvalue weighted by atomic mass is 19.1. The highest BCUT2D eigenvalue weighted by Gasteiger charge is 2.13. The Balaban J connectivity index is 2.91. The number of ether oxygens (including phenoxy) is 1. The van der Waals surface area contributed by atoms with Gasteiger partial charge >= 0.3 is 5.97 Å². The van der Waals surface area contributed by atoms with E-state index in [9.17, 15) is 19.3 Å². The molecule has 1 aromatic rings. The Morgan fingerprint density at radius 3 is 2.84 bits per heavy atom. The van der Waals surface area contributed by atoms with E-state index in [-0.39, 0.29) is 24.3 Å². The molecule has 0 fully saturated rings. The van der Waals surface area contributed by atoms with Crippen molar-refractivity contribution < 1.29 is 18.8 Å². The lowest BCUT2D eigenvalue weighted by molar-refractivity contribution is -0.385. The Kier molecular flexibility index (Phi) is 4.99. The molecule has 0 saturated carbocycles. The maximum Gasteiger partial charge on any atom is 0.309 e. The number of hydrogen-bond donors (Lipinski definition) is 1. The molecule has 0 bridgehead atoms. The standard InChI is InChI=1S/C12H13FN2O4/c1-2-19-11(16)5-3-4-8-6-9(15(17)18)7-10(13)12(8)14/h3-4,6-7H,2,5,14H2,1H3. The lowest BCUT2D eigenvalue weighted by Gasteiger charge is -2.02. The largest absolute Gasteiger partial charge is 0.466 e. The number of carbonyl (C=O) groups is 1. The molecule has 1 rings (SSSR count). The number of nitro groups is 1. The number of nitrogen functional groups attached to an aromatic ring is 1. The molecule has 0 atom stereocenters. The summed E-state index contributed by atoms with van der Waals surface area (Å²) in [4.78, 5) is 20.9. The lowest BCUT2D eigenvalue weighted by atomic mass is 10.1. The third kappa shape index (κ3) is 4.06. The van der Waals surface area contributed by atoms with Crippen LogP contribution >= 0.6 is 0 Å². The SMILES string of the molecule is CCOC(=O)CC=Cc1cc([N+](=O)[O-])cc(F)c1N. The van der Waals surface area contributed by atoms with Gasteiger partial charge in [0.1, 0.15) is 0 Å². The van der Waals surface area contributed by atoms with Gasteiger partial charge in [-0.2, -0.15) is 0 Å². The number of non-ortho nitro benzene ring substituents is 1. The molecule has 0 aliphatic rings. The molecule has 102 valence electrons. The first kappa shape index (κ1) is 14.6. The molecule has 0 spiro atoms. The van der Waals surface area contributed by atoms with Crippen LogP contribution in [0, 0.1) is 15.9 Å². The zero-order valence-corrected chi connectivity index (χ0v) is 10.3. The summed E-state index contributed by atoms with van der Waals surface area (Å²) in [5.41, 5.74) is 5.01. The van der Waals surface area contributed by atoms with Crippen molar-refractivity contribution in [3.05, 3.63) is 39.7 Å². The molecular weight excluding hydrogens is 255 g/mol. The average Bonchev–Trinajstić information content (AvgIpc) is 2.34. The molecule has 0 aliphatic heterocycles. The van der Waals surface area contributed by atoms with Crippen molar-refractivity contribution in [2.45, 2.75) is 13.3 Å². The summed E-state index contributed by atoms with van der Waals surface area (Å²) >= 11 is 0. The van der Waals surface area contributed by atoms with Crippen molar-refractivity contribution in [1.29, 1.82) is 0 Å². The minimum atomic E-state index is -0.870. The fraction of sp³-hybridized carbons (Fsp3) is 0.250. The van der Waals surface area contributed by atoms with Crippen LogP contribution in [-0.2, 0) is 9.53 Å². The molecule has 0 amide bonds. The number of nitro benzene ring substituents is 1. The topological polar surface area (TPSA) is 95.5 Å². The highest BCUT2D eigenvalue weighted by Crippen LogP contribution is 2.24. The van der Waals surface area contributed by atoms with E-state index in [0.29, 0.717) is 0 Å². The van der Waals surface area contributed by atoms with E-state index in [1.165, 1.54) is 12.2 Å². The van der Waals surface area contributed by atoms with Crippen LogP contribution in [0.5, 0.6) is 0 Å². The highest BCUT2D eigenvalue weighted by molar-refractivity contribution is 5.74. The molecule has 1 aromatic carbocycles. The minimum absolute atomic E-state index is 0.0163. The van der Waals surface area contributed by atoms with Crippen molar-refractivity contribution in [3.63, 3.8) is 0 Å².